The third-order valence-electron chi connectivity index (χ3n) is 6.33. The van der Waals surface area contributed by atoms with Crippen molar-refractivity contribution in [3.05, 3.63) is 88.0 Å². The summed E-state index contributed by atoms with van der Waals surface area (Å²) in [5, 5.41) is 5.21. The topological polar surface area (TPSA) is 0 Å². The lowest BCUT2D eigenvalue weighted by atomic mass is 10.1. The average Bonchev–Trinajstić information content (AvgIpc) is 2.66. The molecule has 0 N–H and O–H groups in total. The maximum Gasteiger partial charge on any atom is 0.0738 e. The summed E-state index contributed by atoms with van der Waals surface area (Å²) in [4.78, 5) is 0. The highest BCUT2D eigenvalue weighted by atomic mass is 31.8. The van der Waals surface area contributed by atoms with E-state index in [9.17, 15) is 0 Å². The lowest BCUT2D eigenvalue weighted by Gasteiger charge is -2.22. The predicted molar refractivity (Wildman–Crippen MR) is 139 cm³/mol. The molecule has 0 nitrogen and oxygen atoms in total. The summed E-state index contributed by atoms with van der Waals surface area (Å²) in [7, 11) is -0.611. The molecule has 0 aromatic heterocycles. The van der Waals surface area contributed by atoms with Crippen molar-refractivity contribution in [3.8, 4) is 0 Å². The van der Waals surface area contributed by atoms with Gasteiger partial charge in [0.15, 0.2) is 0 Å². The molecule has 0 unspecified atom stereocenters. The number of hydrogen-bond donors (Lipinski definition) is 0. The molecule has 0 aliphatic heterocycles. The molecule has 28 heavy (non-hydrogen) atoms. The molecule has 0 radical (unpaired) electrons. The monoisotopic (exact) mass is 436 g/mol. The summed E-state index contributed by atoms with van der Waals surface area (Å²) in [6.45, 7) is 14.1. The molecule has 0 aliphatic carbocycles. The first kappa shape index (κ1) is 21.4. The first-order valence-electron chi connectivity index (χ1n) is 10.2. The van der Waals surface area contributed by atoms with Gasteiger partial charge >= 0.3 is 0 Å². The van der Waals surface area contributed by atoms with Crippen LogP contribution in [0, 0.1) is 41.5 Å². The van der Waals surface area contributed by atoms with Gasteiger partial charge in [-0.05, 0) is 74.9 Å². The van der Waals surface area contributed by atoms with Gasteiger partial charge in [-0.1, -0.05) is 70.2 Å². The summed E-state index contributed by atoms with van der Waals surface area (Å²) < 4.78 is 0. The van der Waals surface area contributed by atoms with Crippen LogP contribution in [0.4, 0.5) is 0 Å². The molecule has 4 heteroatoms. The van der Waals surface area contributed by atoms with Gasteiger partial charge in [0.25, 0.3) is 0 Å². The molecule has 3 aromatic carbocycles. The fourth-order valence-corrected chi connectivity index (χ4v) is 32.3. The van der Waals surface area contributed by atoms with Gasteiger partial charge < -0.3 is 0 Å². The Morgan fingerprint density at radius 1 is 0.464 bits per heavy atom. The Kier molecular flexibility index (Phi) is 7.27. The SMILES string of the molecule is Cc1cccc([SiH2]P([SiH2]c2cccc(C)c2C)[SiH2]c2cccc(C)c2C)c1C. The molecule has 0 saturated heterocycles. The van der Waals surface area contributed by atoms with Gasteiger partial charge in [0, 0.05) is 0 Å². The Morgan fingerprint density at radius 3 is 1.04 bits per heavy atom. The third-order valence-corrected chi connectivity index (χ3v) is 30.2. The number of hydrogen-bond acceptors (Lipinski definition) is 0. The van der Waals surface area contributed by atoms with Crippen molar-refractivity contribution in [3.63, 3.8) is 0 Å². The zero-order valence-electron chi connectivity index (χ0n) is 18.3. The van der Waals surface area contributed by atoms with Crippen molar-refractivity contribution < 1.29 is 0 Å². The van der Waals surface area contributed by atoms with Crippen LogP contribution < -0.4 is 15.6 Å². The van der Waals surface area contributed by atoms with Gasteiger partial charge in [-0.25, -0.2) is 0 Å². The molecule has 3 rings (SSSR count). The van der Waals surface area contributed by atoms with Crippen molar-refractivity contribution in [2.75, 3.05) is 0 Å². The van der Waals surface area contributed by atoms with Gasteiger partial charge in [0.1, 0.15) is 0 Å². The molecule has 3 aromatic rings. The van der Waals surface area contributed by atoms with Crippen LogP contribution >= 0.6 is 6.57 Å². The van der Waals surface area contributed by atoms with Crippen molar-refractivity contribution >= 4 is 49.7 Å². The van der Waals surface area contributed by atoms with Crippen LogP contribution in [0.5, 0.6) is 0 Å². The molecule has 0 bridgehead atoms. The Morgan fingerprint density at radius 2 is 0.750 bits per heavy atom. The molecule has 146 valence electrons. The lowest BCUT2D eigenvalue weighted by Crippen LogP contribution is -2.30. The second-order valence-corrected chi connectivity index (χ2v) is 31.7. The standard InChI is InChI=1S/C24H33PSi3/c1-16-10-7-13-22(19(16)4)26-25(27-23-14-8-11-17(2)20(23)5)28-24-15-9-12-18(3)21(24)6/h7-15H,26-28H2,1-6H3. The van der Waals surface area contributed by atoms with E-state index in [-0.39, 0.29) is 34.1 Å². The lowest BCUT2D eigenvalue weighted by molar-refractivity contribution is 1.37. The molecule has 0 amide bonds. The predicted octanol–water partition coefficient (Wildman–Crippen LogP) is 2.55. The van der Waals surface area contributed by atoms with E-state index >= 15 is 0 Å². The van der Waals surface area contributed by atoms with Gasteiger partial charge in [-0.2, -0.15) is 0 Å². The molecule has 0 fully saturated rings. The van der Waals surface area contributed by atoms with Crippen LogP contribution in [0.3, 0.4) is 0 Å². The van der Waals surface area contributed by atoms with Crippen LogP contribution in [0.15, 0.2) is 54.6 Å². The Labute approximate surface area is 179 Å². The van der Waals surface area contributed by atoms with E-state index in [0.29, 0.717) is 0 Å². The second kappa shape index (κ2) is 9.49. The maximum atomic E-state index is 2.44. The zero-order valence-corrected chi connectivity index (χ0v) is 23.4. The first-order chi connectivity index (χ1) is 13.4. The van der Waals surface area contributed by atoms with Gasteiger partial charge in [-0.15, -0.1) is 6.57 Å². The highest BCUT2D eigenvalue weighted by Crippen LogP contribution is 2.29. The van der Waals surface area contributed by atoms with E-state index in [2.05, 4.69) is 96.1 Å². The fourth-order valence-electron chi connectivity index (χ4n) is 3.84. The summed E-state index contributed by atoms with van der Waals surface area (Å²) in [5.74, 6) is 0. The van der Waals surface area contributed by atoms with Gasteiger partial charge in [0.2, 0.25) is 0 Å². The van der Waals surface area contributed by atoms with E-state index in [4.69, 9.17) is 0 Å². The molecule has 0 atom stereocenters. The van der Waals surface area contributed by atoms with Crippen molar-refractivity contribution in [1.82, 2.24) is 0 Å². The van der Waals surface area contributed by atoms with E-state index in [1.165, 1.54) is 16.7 Å². The van der Waals surface area contributed by atoms with Crippen LogP contribution in [-0.2, 0) is 0 Å². The van der Waals surface area contributed by atoms with Gasteiger partial charge in [0.05, 0.1) is 27.6 Å². The van der Waals surface area contributed by atoms with Crippen molar-refractivity contribution in [2.24, 2.45) is 0 Å². The second-order valence-electron chi connectivity index (χ2n) is 8.22. The molecular weight excluding hydrogens is 403 g/mol. The number of rotatable bonds is 6. The van der Waals surface area contributed by atoms with E-state index in [1.54, 1.807) is 32.3 Å². The summed E-state index contributed by atoms with van der Waals surface area (Å²) in [5.41, 5.74) is 9.15. The molecular formula is C24H33PSi3. The highest BCUT2D eigenvalue weighted by Gasteiger charge is 2.17. The number of aryl methyl sites for hydroxylation is 3. The normalized spacial score (nSPS) is 13.5. The van der Waals surface area contributed by atoms with E-state index in [1.807, 2.05) is 0 Å². The minimum absolute atomic E-state index is 0.204. The Balaban J connectivity index is 1.94. The van der Waals surface area contributed by atoms with Crippen LogP contribution in [0.25, 0.3) is 0 Å². The van der Waals surface area contributed by atoms with E-state index < -0.39 is 0 Å². The summed E-state index contributed by atoms with van der Waals surface area (Å²) in [6.07, 6.45) is 0. The molecule has 0 spiro atoms. The van der Waals surface area contributed by atoms with Gasteiger partial charge in [-0.3, -0.25) is 0 Å². The largest absolute Gasteiger partial charge is 0.144 e. The van der Waals surface area contributed by atoms with Crippen LogP contribution in [0.2, 0.25) is 0 Å². The van der Waals surface area contributed by atoms with E-state index in [0.717, 1.165) is 0 Å². The van der Waals surface area contributed by atoms with Crippen molar-refractivity contribution in [1.29, 1.82) is 0 Å². The highest BCUT2D eigenvalue weighted by molar-refractivity contribution is 8.26. The zero-order chi connectivity index (χ0) is 20.3. The minimum Gasteiger partial charge on any atom is -0.144 e. The number of benzene rings is 3. The fraction of sp³-hybridized carbons (Fsp3) is 0.250. The third kappa shape index (κ3) is 5.01. The van der Waals surface area contributed by atoms with Crippen LogP contribution in [-0.4, -0.2) is 27.6 Å². The first-order valence-corrected chi connectivity index (χ1v) is 20.0. The quantitative estimate of drug-likeness (QED) is 0.411. The Hall–Kier alpha value is -1.26. The molecule has 0 saturated carbocycles. The molecule has 0 heterocycles. The summed E-state index contributed by atoms with van der Waals surface area (Å²) in [6, 6.07) is 21.0. The maximum absolute atomic E-state index is 2.44. The van der Waals surface area contributed by atoms with Crippen molar-refractivity contribution in [2.45, 2.75) is 41.5 Å². The minimum atomic E-state index is -0.204. The smallest absolute Gasteiger partial charge is 0.0738 e. The molecule has 0 aliphatic rings. The van der Waals surface area contributed by atoms with Crippen LogP contribution in [0.1, 0.15) is 33.4 Å². The summed E-state index contributed by atoms with van der Waals surface area (Å²) >= 11 is 0. The Bertz CT molecular complexity index is 854. The average molecular weight is 437 g/mol.